The molecule has 0 bridgehead atoms. The van der Waals surface area contributed by atoms with Gasteiger partial charge in [0.2, 0.25) is 0 Å². The Balaban J connectivity index is 4.42. The molecule has 352 valence electrons. The number of hydrogen-bond acceptors (Lipinski definition) is 7. The fourth-order valence-corrected chi connectivity index (χ4v) is 6.47. The number of hydrogen-bond donors (Lipinski definition) is 1. The molecule has 0 saturated heterocycles. The van der Waals surface area contributed by atoms with E-state index in [0.29, 0.717) is 23.9 Å². The maximum atomic E-state index is 12.8. The van der Waals surface area contributed by atoms with Crippen LogP contribution in [0.1, 0.15) is 194 Å². The van der Waals surface area contributed by atoms with E-state index in [1.165, 1.54) is 89.9 Å². The molecule has 0 radical (unpaired) electrons. The summed E-state index contributed by atoms with van der Waals surface area (Å²) in [6.07, 6.45) is 49.9. The standard InChI is InChI=1S/C52H91NO8/c1-6-8-10-12-14-16-18-20-22-24-25-27-28-30-32-34-36-38-40-42-49(54)59-46-48(47-60-52(51(56)57)58-45-44-53(3,4)5)61-50(55)43-41-39-37-35-33-31-29-26-23-21-19-17-15-13-11-9-7-2/h9,11,15,17,20-23,29,31,48,52H,6-8,10,12-14,16,18-19,24-28,30,32-47H2,1-5H3/p+1/b11-9-,17-15-,22-20-,23-21-,31-29-. The van der Waals surface area contributed by atoms with Crippen LogP contribution in [0.5, 0.6) is 0 Å². The van der Waals surface area contributed by atoms with Crippen LogP contribution >= 0.6 is 0 Å². The number of likely N-dealkylation sites (N-methyl/N-ethyl adjacent to an activating group) is 1. The second-order valence-electron chi connectivity index (χ2n) is 17.4. The van der Waals surface area contributed by atoms with Crippen molar-refractivity contribution in [1.29, 1.82) is 0 Å². The Bertz CT molecular complexity index is 1180. The first kappa shape index (κ1) is 58.0. The van der Waals surface area contributed by atoms with Crippen molar-refractivity contribution in [3.05, 3.63) is 60.8 Å². The summed E-state index contributed by atoms with van der Waals surface area (Å²) in [6, 6.07) is 0. The minimum atomic E-state index is -1.52. The molecule has 0 aliphatic rings. The van der Waals surface area contributed by atoms with Crippen molar-refractivity contribution < 1.29 is 42.9 Å². The molecule has 0 amide bonds. The van der Waals surface area contributed by atoms with Crippen molar-refractivity contribution >= 4 is 17.9 Å². The first-order chi connectivity index (χ1) is 29.6. The molecule has 9 heteroatoms. The minimum Gasteiger partial charge on any atom is -0.477 e. The lowest BCUT2D eigenvalue weighted by Crippen LogP contribution is -2.40. The topological polar surface area (TPSA) is 108 Å². The lowest BCUT2D eigenvalue weighted by Gasteiger charge is -2.25. The molecule has 0 fully saturated rings. The predicted molar refractivity (Wildman–Crippen MR) is 253 cm³/mol. The summed E-state index contributed by atoms with van der Waals surface area (Å²) in [6.45, 7) is 4.72. The highest BCUT2D eigenvalue weighted by Crippen LogP contribution is 2.14. The number of rotatable bonds is 44. The van der Waals surface area contributed by atoms with E-state index in [1.807, 2.05) is 21.1 Å². The third kappa shape index (κ3) is 44.8. The summed E-state index contributed by atoms with van der Waals surface area (Å²) in [7, 11) is 5.94. The highest BCUT2D eigenvalue weighted by atomic mass is 16.7. The first-order valence-corrected chi connectivity index (χ1v) is 24.5. The van der Waals surface area contributed by atoms with Crippen LogP contribution in [0.4, 0.5) is 0 Å². The van der Waals surface area contributed by atoms with Gasteiger partial charge in [-0.3, -0.25) is 9.59 Å². The summed E-state index contributed by atoms with van der Waals surface area (Å²) >= 11 is 0. The number of allylic oxidation sites excluding steroid dienone is 10. The zero-order valence-electron chi connectivity index (χ0n) is 39.8. The summed E-state index contributed by atoms with van der Waals surface area (Å²) in [4.78, 5) is 37.2. The van der Waals surface area contributed by atoms with Crippen LogP contribution in [-0.2, 0) is 33.3 Å². The molecule has 0 aromatic carbocycles. The van der Waals surface area contributed by atoms with Crippen LogP contribution < -0.4 is 0 Å². The van der Waals surface area contributed by atoms with Crippen LogP contribution in [-0.4, -0.2) is 87.4 Å². The van der Waals surface area contributed by atoms with Gasteiger partial charge in [-0.05, 0) is 77.0 Å². The van der Waals surface area contributed by atoms with Gasteiger partial charge in [-0.1, -0.05) is 164 Å². The van der Waals surface area contributed by atoms with Gasteiger partial charge in [-0.2, -0.15) is 0 Å². The molecular formula is C52H92NO8+. The van der Waals surface area contributed by atoms with E-state index < -0.39 is 24.3 Å². The fraction of sp³-hybridized carbons (Fsp3) is 0.750. The van der Waals surface area contributed by atoms with Crippen molar-refractivity contribution in [3.63, 3.8) is 0 Å². The average Bonchev–Trinajstić information content (AvgIpc) is 3.22. The Labute approximate surface area is 374 Å². The molecule has 0 aliphatic heterocycles. The molecule has 61 heavy (non-hydrogen) atoms. The second kappa shape index (κ2) is 43.6. The van der Waals surface area contributed by atoms with Crippen molar-refractivity contribution in [2.45, 2.75) is 206 Å². The van der Waals surface area contributed by atoms with E-state index in [0.717, 1.165) is 70.6 Å². The summed E-state index contributed by atoms with van der Waals surface area (Å²) in [5.74, 6) is -2.04. The molecule has 1 N–H and O–H groups in total. The Kier molecular flexibility index (Phi) is 41.5. The smallest absolute Gasteiger partial charge is 0.361 e. The van der Waals surface area contributed by atoms with Gasteiger partial charge < -0.3 is 28.5 Å². The molecule has 0 aliphatic carbocycles. The van der Waals surface area contributed by atoms with Gasteiger partial charge in [0.25, 0.3) is 6.29 Å². The molecule has 2 unspecified atom stereocenters. The number of ether oxygens (including phenoxy) is 4. The quantitative estimate of drug-likeness (QED) is 0.0212. The Morgan fingerprint density at radius 1 is 0.508 bits per heavy atom. The zero-order valence-corrected chi connectivity index (χ0v) is 39.8. The average molecular weight is 859 g/mol. The van der Waals surface area contributed by atoms with Gasteiger partial charge >= 0.3 is 17.9 Å². The minimum absolute atomic E-state index is 0.180. The Hall–Kier alpha value is -3.01. The number of unbranched alkanes of at least 4 members (excludes halogenated alkanes) is 19. The number of carbonyl (C=O) groups is 3. The molecule has 0 aromatic rings. The zero-order chi connectivity index (χ0) is 44.9. The number of carboxylic acids is 1. The lowest BCUT2D eigenvalue weighted by atomic mass is 10.1. The van der Waals surface area contributed by atoms with E-state index in [2.05, 4.69) is 74.6 Å². The third-order valence-electron chi connectivity index (χ3n) is 10.3. The van der Waals surface area contributed by atoms with E-state index in [4.69, 9.17) is 18.9 Å². The number of quaternary nitrogens is 1. The fourth-order valence-electron chi connectivity index (χ4n) is 6.47. The maximum absolute atomic E-state index is 12.8. The third-order valence-corrected chi connectivity index (χ3v) is 10.3. The number of nitrogens with zero attached hydrogens (tertiary/aromatic N) is 1. The van der Waals surface area contributed by atoms with Gasteiger partial charge in [-0.25, -0.2) is 4.79 Å². The largest absolute Gasteiger partial charge is 0.477 e. The van der Waals surface area contributed by atoms with Crippen LogP contribution in [0.2, 0.25) is 0 Å². The van der Waals surface area contributed by atoms with Crippen molar-refractivity contribution in [2.75, 3.05) is 47.5 Å². The molecule has 0 heterocycles. The highest BCUT2D eigenvalue weighted by molar-refractivity contribution is 5.71. The molecule has 9 nitrogen and oxygen atoms in total. The van der Waals surface area contributed by atoms with Crippen molar-refractivity contribution in [1.82, 2.24) is 0 Å². The van der Waals surface area contributed by atoms with Crippen LogP contribution in [0.25, 0.3) is 0 Å². The number of carboxylic acid groups (broad SMARTS) is 1. The van der Waals surface area contributed by atoms with Crippen LogP contribution in [0, 0.1) is 0 Å². The normalized spacial score (nSPS) is 13.4. The maximum Gasteiger partial charge on any atom is 0.361 e. The Morgan fingerprint density at radius 3 is 1.41 bits per heavy atom. The number of carbonyl (C=O) groups excluding carboxylic acids is 2. The molecular weight excluding hydrogens is 767 g/mol. The van der Waals surface area contributed by atoms with Gasteiger partial charge in [-0.15, -0.1) is 0 Å². The number of esters is 2. The second-order valence-corrected chi connectivity index (χ2v) is 17.4. The monoisotopic (exact) mass is 859 g/mol. The van der Waals surface area contributed by atoms with Gasteiger partial charge in [0.1, 0.15) is 13.2 Å². The molecule has 0 aromatic heterocycles. The SMILES string of the molecule is CC/C=C\C/C=C\C/C=C\C/C=C\CCCCCCC(=O)OC(COC(=O)CCCCCCCCCCC/C=C\CCCCCCCC)COC(OCC[N+](C)(C)C)C(=O)O. The van der Waals surface area contributed by atoms with Gasteiger partial charge in [0, 0.05) is 12.8 Å². The predicted octanol–water partition coefficient (Wildman–Crippen LogP) is 13.3. The molecule has 0 saturated carbocycles. The molecule has 0 spiro atoms. The van der Waals surface area contributed by atoms with Gasteiger partial charge in [0.15, 0.2) is 6.10 Å². The highest BCUT2D eigenvalue weighted by Gasteiger charge is 2.25. The van der Waals surface area contributed by atoms with E-state index in [-0.39, 0.29) is 32.2 Å². The molecule has 2 atom stereocenters. The van der Waals surface area contributed by atoms with E-state index in [1.54, 1.807) is 0 Å². The lowest BCUT2D eigenvalue weighted by molar-refractivity contribution is -0.870. The van der Waals surface area contributed by atoms with E-state index in [9.17, 15) is 19.5 Å². The Morgan fingerprint density at radius 2 is 0.934 bits per heavy atom. The first-order valence-electron chi connectivity index (χ1n) is 24.5. The summed E-state index contributed by atoms with van der Waals surface area (Å²) < 4.78 is 22.8. The van der Waals surface area contributed by atoms with Crippen LogP contribution in [0.3, 0.4) is 0 Å². The van der Waals surface area contributed by atoms with E-state index >= 15 is 0 Å². The number of aliphatic carboxylic acids is 1. The van der Waals surface area contributed by atoms with Gasteiger partial charge in [0.05, 0.1) is 34.4 Å². The van der Waals surface area contributed by atoms with Crippen molar-refractivity contribution in [3.8, 4) is 0 Å². The summed E-state index contributed by atoms with van der Waals surface area (Å²) in [5, 5.41) is 9.65. The molecule has 0 rings (SSSR count). The summed E-state index contributed by atoms with van der Waals surface area (Å²) in [5.41, 5.74) is 0. The van der Waals surface area contributed by atoms with Crippen LogP contribution in [0.15, 0.2) is 60.8 Å². The van der Waals surface area contributed by atoms with Crippen molar-refractivity contribution in [2.24, 2.45) is 0 Å².